The number of anilines is 2. The van der Waals surface area contributed by atoms with Gasteiger partial charge in [-0.2, -0.15) is 0 Å². The van der Waals surface area contributed by atoms with Gasteiger partial charge in [0.25, 0.3) is 0 Å². The fourth-order valence-corrected chi connectivity index (χ4v) is 2.27. The molecule has 0 unspecified atom stereocenters. The Hall–Kier alpha value is -2.53. The van der Waals surface area contributed by atoms with Crippen LogP contribution in [0.2, 0.25) is 5.02 Å². The monoisotopic (exact) mass is 318 g/mol. The molecule has 3 rings (SSSR count). The number of nitrogens with one attached hydrogen (secondary N) is 1. The van der Waals surface area contributed by atoms with Gasteiger partial charge in [-0.15, -0.1) is 0 Å². The predicted molar refractivity (Wildman–Crippen MR) is 84.7 cm³/mol. The highest BCUT2D eigenvalue weighted by atomic mass is 35.5. The topological polar surface area (TPSA) is 54.4 Å². The highest BCUT2D eigenvalue weighted by molar-refractivity contribution is 6.31. The van der Waals surface area contributed by atoms with E-state index in [0.29, 0.717) is 22.8 Å². The maximum absolute atomic E-state index is 13.1. The lowest BCUT2D eigenvalue weighted by Gasteiger charge is -2.09. The van der Waals surface area contributed by atoms with Crippen molar-refractivity contribution in [3.8, 4) is 11.5 Å². The van der Waals surface area contributed by atoms with E-state index in [2.05, 4.69) is 10.3 Å². The summed E-state index contributed by atoms with van der Waals surface area (Å²) in [6.45, 7) is 0. The molecule has 112 valence electrons. The van der Waals surface area contributed by atoms with Crippen LogP contribution in [-0.4, -0.2) is 17.2 Å². The highest BCUT2D eigenvalue weighted by Gasteiger charge is 2.07. The quantitative estimate of drug-likeness (QED) is 0.747. The molecule has 2 aromatic carbocycles. The number of ether oxygens (including phenoxy) is 1. The van der Waals surface area contributed by atoms with Crippen LogP contribution in [0.15, 0.2) is 42.5 Å². The summed E-state index contributed by atoms with van der Waals surface area (Å²) in [6.07, 6.45) is 0. The largest absolute Gasteiger partial charge is 0.504 e. The van der Waals surface area contributed by atoms with Crippen LogP contribution in [0, 0.1) is 5.82 Å². The lowest BCUT2D eigenvalue weighted by Crippen LogP contribution is -1.94. The Morgan fingerprint density at radius 2 is 2.00 bits per heavy atom. The van der Waals surface area contributed by atoms with Gasteiger partial charge in [0.2, 0.25) is 0 Å². The van der Waals surface area contributed by atoms with Crippen LogP contribution >= 0.6 is 11.6 Å². The molecule has 0 radical (unpaired) electrons. The smallest absolute Gasteiger partial charge is 0.161 e. The van der Waals surface area contributed by atoms with E-state index in [1.54, 1.807) is 18.2 Å². The summed E-state index contributed by atoms with van der Waals surface area (Å²) in [5, 5.41) is 13.7. The van der Waals surface area contributed by atoms with Crippen molar-refractivity contribution in [2.45, 2.75) is 0 Å². The average molecular weight is 319 g/mol. The normalized spacial score (nSPS) is 10.7. The fraction of sp³-hybridized carbons (Fsp3) is 0.0625. The average Bonchev–Trinajstić information content (AvgIpc) is 2.50. The maximum Gasteiger partial charge on any atom is 0.161 e. The van der Waals surface area contributed by atoms with Crippen molar-refractivity contribution in [2.75, 3.05) is 12.4 Å². The molecule has 0 saturated carbocycles. The second-order valence-electron chi connectivity index (χ2n) is 4.67. The molecule has 1 aromatic heterocycles. The third kappa shape index (κ3) is 2.76. The van der Waals surface area contributed by atoms with E-state index in [9.17, 15) is 9.50 Å². The zero-order chi connectivity index (χ0) is 15.7. The second-order valence-corrected chi connectivity index (χ2v) is 5.07. The number of nitrogens with zero attached hydrogens (tertiary/aromatic N) is 1. The van der Waals surface area contributed by atoms with E-state index < -0.39 is 5.82 Å². The minimum Gasteiger partial charge on any atom is -0.504 e. The fourth-order valence-electron chi connectivity index (χ4n) is 2.09. The van der Waals surface area contributed by atoms with Gasteiger partial charge in [-0.3, -0.25) is 0 Å². The van der Waals surface area contributed by atoms with Gasteiger partial charge in [-0.1, -0.05) is 11.6 Å². The Labute approximate surface area is 131 Å². The van der Waals surface area contributed by atoms with Crippen molar-refractivity contribution in [2.24, 2.45) is 0 Å². The van der Waals surface area contributed by atoms with Crippen LogP contribution in [0.1, 0.15) is 0 Å². The number of pyridine rings is 1. The summed E-state index contributed by atoms with van der Waals surface area (Å²) in [4.78, 5) is 4.40. The molecular formula is C16H12ClFN2O2. The maximum atomic E-state index is 13.1. The first kappa shape index (κ1) is 14.4. The molecule has 4 nitrogen and oxygen atoms in total. The Bertz CT molecular complexity index is 855. The van der Waals surface area contributed by atoms with Gasteiger partial charge in [-0.25, -0.2) is 9.37 Å². The molecule has 0 aliphatic heterocycles. The summed E-state index contributed by atoms with van der Waals surface area (Å²) in [5.74, 6) is 0.486. The molecular weight excluding hydrogens is 307 g/mol. The van der Waals surface area contributed by atoms with Gasteiger partial charge >= 0.3 is 0 Å². The number of hydrogen-bond acceptors (Lipinski definition) is 4. The van der Waals surface area contributed by atoms with E-state index >= 15 is 0 Å². The highest BCUT2D eigenvalue weighted by Crippen LogP contribution is 2.31. The Balaban J connectivity index is 1.96. The first-order chi connectivity index (χ1) is 10.6. The molecule has 0 saturated heterocycles. The summed E-state index contributed by atoms with van der Waals surface area (Å²) in [6, 6.07) is 11.2. The van der Waals surface area contributed by atoms with Crippen LogP contribution in [0.25, 0.3) is 10.9 Å². The van der Waals surface area contributed by atoms with Crippen LogP contribution in [-0.2, 0) is 0 Å². The number of methoxy groups -OCH3 is 1. The van der Waals surface area contributed by atoms with Crippen molar-refractivity contribution in [3.05, 3.63) is 53.3 Å². The summed E-state index contributed by atoms with van der Waals surface area (Å²) in [7, 11) is 1.49. The summed E-state index contributed by atoms with van der Waals surface area (Å²) < 4.78 is 18.2. The minimum atomic E-state index is -0.476. The SMILES string of the molecule is COc1cc2ccc(Nc3ccc(F)c(Cl)c3)nc2cc1O. The van der Waals surface area contributed by atoms with Gasteiger partial charge in [0, 0.05) is 17.1 Å². The van der Waals surface area contributed by atoms with E-state index in [4.69, 9.17) is 16.3 Å². The number of fused-ring (bicyclic) bond motifs is 1. The van der Waals surface area contributed by atoms with Gasteiger partial charge in [0.05, 0.1) is 17.6 Å². The van der Waals surface area contributed by atoms with Gasteiger partial charge in [0.1, 0.15) is 11.6 Å². The predicted octanol–water partition coefficient (Wildman–Crippen LogP) is 4.49. The van der Waals surface area contributed by atoms with Gasteiger partial charge in [0.15, 0.2) is 11.5 Å². The first-order valence-corrected chi connectivity index (χ1v) is 6.84. The Kier molecular flexibility index (Phi) is 3.73. The summed E-state index contributed by atoms with van der Waals surface area (Å²) >= 11 is 5.75. The molecule has 3 aromatic rings. The van der Waals surface area contributed by atoms with E-state index in [-0.39, 0.29) is 10.8 Å². The Morgan fingerprint density at radius 3 is 2.73 bits per heavy atom. The minimum absolute atomic E-state index is 0.0180. The van der Waals surface area contributed by atoms with Crippen LogP contribution in [0.3, 0.4) is 0 Å². The first-order valence-electron chi connectivity index (χ1n) is 6.46. The van der Waals surface area contributed by atoms with E-state index in [0.717, 1.165) is 5.39 Å². The molecule has 0 aliphatic rings. The number of aromatic hydroxyl groups is 1. The second kappa shape index (κ2) is 5.69. The van der Waals surface area contributed by atoms with Crippen molar-refractivity contribution in [1.82, 2.24) is 4.98 Å². The number of rotatable bonds is 3. The number of phenolic OH excluding ortho intramolecular Hbond substituents is 1. The molecule has 0 bridgehead atoms. The van der Waals surface area contributed by atoms with Gasteiger partial charge < -0.3 is 15.2 Å². The van der Waals surface area contributed by atoms with Crippen LogP contribution in [0.5, 0.6) is 11.5 Å². The van der Waals surface area contributed by atoms with Crippen LogP contribution in [0.4, 0.5) is 15.9 Å². The molecule has 0 spiro atoms. The zero-order valence-electron chi connectivity index (χ0n) is 11.6. The molecule has 6 heteroatoms. The molecule has 2 N–H and O–H groups in total. The van der Waals surface area contributed by atoms with Crippen molar-refractivity contribution < 1.29 is 14.2 Å². The van der Waals surface area contributed by atoms with Crippen molar-refractivity contribution >= 4 is 34.0 Å². The van der Waals surface area contributed by atoms with E-state index in [1.165, 1.54) is 25.3 Å². The molecule has 1 heterocycles. The number of phenols is 1. The number of hydrogen-bond donors (Lipinski definition) is 2. The molecule has 0 aliphatic carbocycles. The molecule has 0 fully saturated rings. The number of halogens is 2. The Morgan fingerprint density at radius 1 is 1.18 bits per heavy atom. The standard InChI is InChI=1S/C16H12ClFN2O2/c1-22-15-6-9-2-5-16(20-13(9)8-14(15)21)19-10-3-4-12(18)11(17)7-10/h2-8,21H,1H3,(H,19,20). The third-order valence-electron chi connectivity index (χ3n) is 3.18. The lowest BCUT2D eigenvalue weighted by atomic mass is 10.2. The van der Waals surface area contributed by atoms with Crippen molar-refractivity contribution in [3.63, 3.8) is 0 Å². The number of aromatic nitrogens is 1. The number of benzene rings is 2. The van der Waals surface area contributed by atoms with Gasteiger partial charge in [-0.05, 0) is 36.4 Å². The lowest BCUT2D eigenvalue weighted by molar-refractivity contribution is 0.374. The molecule has 0 atom stereocenters. The van der Waals surface area contributed by atoms with E-state index in [1.807, 2.05) is 6.07 Å². The molecule has 22 heavy (non-hydrogen) atoms. The van der Waals surface area contributed by atoms with Crippen LogP contribution < -0.4 is 10.1 Å². The summed E-state index contributed by atoms with van der Waals surface area (Å²) in [5.41, 5.74) is 1.23. The zero-order valence-corrected chi connectivity index (χ0v) is 12.4. The molecule has 0 amide bonds. The third-order valence-corrected chi connectivity index (χ3v) is 3.47. The van der Waals surface area contributed by atoms with Crippen molar-refractivity contribution in [1.29, 1.82) is 0 Å².